The number of phenolic OH excluding ortho intramolecular Hbond substituents is 1. The van der Waals surface area contributed by atoms with Gasteiger partial charge in [-0.15, -0.1) is 0 Å². The predicted molar refractivity (Wildman–Crippen MR) is 120 cm³/mol. The van der Waals surface area contributed by atoms with Crippen molar-refractivity contribution >= 4 is 40.3 Å². The lowest BCUT2D eigenvalue weighted by molar-refractivity contribution is 0.415. The van der Waals surface area contributed by atoms with E-state index in [1.165, 1.54) is 0 Å². The van der Waals surface area contributed by atoms with Gasteiger partial charge in [-0.25, -0.2) is 0 Å². The van der Waals surface area contributed by atoms with Crippen LogP contribution in [0.2, 0.25) is 5.02 Å². The molecule has 0 aliphatic rings. The van der Waals surface area contributed by atoms with Crippen molar-refractivity contribution in [1.82, 2.24) is 0 Å². The lowest BCUT2D eigenvalue weighted by atomic mass is 10.1. The maximum Gasteiger partial charge on any atom is 0.178 e. The molecule has 0 radical (unpaired) electrons. The minimum atomic E-state index is 0.219. The van der Waals surface area contributed by atoms with Crippen molar-refractivity contribution in [2.45, 2.75) is 13.5 Å². The van der Waals surface area contributed by atoms with Crippen LogP contribution in [-0.4, -0.2) is 17.3 Å². The summed E-state index contributed by atoms with van der Waals surface area (Å²) in [6.07, 6.45) is 0. The van der Waals surface area contributed by atoms with Gasteiger partial charge in [-0.05, 0) is 55.0 Å². The van der Waals surface area contributed by atoms with E-state index in [1.807, 2.05) is 66.4 Å². The number of para-hydroxylation sites is 1. The minimum Gasteiger partial charge on any atom is -0.508 e. The zero-order valence-corrected chi connectivity index (χ0v) is 17.2. The Balaban J connectivity index is 1.93. The van der Waals surface area contributed by atoms with E-state index < -0.39 is 0 Å². The van der Waals surface area contributed by atoms with Crippen molar-refractivity contribution < 1.29 is 9.84 Å². The van der Waals surface area contributed by atoms with Crippen LogP contribution in [0.25, 0.3) is 0 Å². The van der Waals surface area contributed by atoms with Crippen molar-refractivity contribution in [3.63, 3.8) is 0 Å². The van der Waals surface area contributed by atoms with Gasteiger partial charge in [-0.2, -0.15) is 0 Å². The highest BCUT2D eigenvalue weighted by molar-refractivity contribution is 7.80. The molecule has 0 fully saturated rings. The maximum absolute atomic E-state index is 10.2. The molecule has 0 unspecified atom stereocenters. The lowest BCUT2D eigenvalue weighted by Crippen LogP contribution is -2.34. The molecule has 144 valence electrons. The molecule has 0 atom stereocenters. The Kier molecular flexibility index (Phi) is 6.39. The molecule has 2 N–H and O–H groups in total. The van der Waals surface area contributed by atoms with E-state index in [9.17, 15) is 5.11 Å². The molecule has 6 heteroatoms. The van der Waals surface area contributed by atoms with Crippen molar-refractivity contribution in [1.29, 1.82) is 0 Å². The molecule has 0 saturated carbocycles. The van der Waals surface area contributed by atoms with Crippen LogP contribution < -0.4 is 15.0 Å². The summed E-state index contributed by atoms with van der Waals surface area (Å²) in [5.74, 6) is 0.942. The third-order valence-electron chi connectivity index (χ3n) is 4.35. The second-order valence-electron chi connectivity index (χ2n) is 6.31. The Bertz CT molecular complexity index is 994. The molecule has 0 aliphatic heterocycles. The molecular formula is C22H21ClN2O2S. The van der Waals surface area contributed by atoms with Crippen LogP contribution in [-0.2, 0) is 6.54 Å². The highest BCUT2D eigenvalue weighted by atomic mass is 35.5. The summed E-state index contributed by atoms with van der Waals surface area (Å²) in [6, 6.07) is 20.5. The molecule has 0 aliphatic carbocycles. The summed E-state index contributed by atoms with van der Waals surface area (Å²) in [6.45, 7) is 2.34. The van der Waals surface area contributed by atoms with Crippen LogP contribution >= 0.6 is 23.8 Å². The molecule has 0 heterocycles. The normalized spacial score (nSPS) is 10.4. The van der Waals surface area contributed by atoms with Crippen molar-refractivity contribution in [2.75, 3.05) is 17.3 Å². The van der Waals surface area contributed by atoms with E-state index in [4.69, 9.17) is 28.6 Å². The lowest BCUT2D eigenvalue weighted by Gasteiger charge is -2.27. The van der Waals surface area contributed by atoms with Crippen molar-refractivity contribution in [3.8, 4) is 11.5 Å². The fourth-order valence-electron chi connectivity index (χ4n) is 2.74. The molecule has 0 saturated heterocycles. The molecule has 0 bridgehead atoms. The monoisotopic (exact) mass is 412 g/mol. The van der Waals surface area contributed by atoms with Gasteiger partial charge in [-0.1, -0.05) is 41.9 Å². The van der Waals surface area contributed by atoms with Gasteiger partial charge in [0.1, 0.15) is 11.5 Å². The Hall–Kier alpha value is -2.76. The second kappa shape index (κ2) is 8.95. The fourth-order valence-corrected chi connectivity index (χ4v) is 3.20. The summed E-state index contributed by atoms with van der Waals surface area (Å²) in [5, 5.41) is 14.6. The standard InChI is InChI=1S/C22H21ClN2O2S/c1-15-10-11-17(12-20(15)23)24-22(28)25(14-16-6-3-4-9-21(16)26)18-7-5-8-19(13-18)27-2/h3-13,26H,14H2,1-2H3,(H,24,28). The van der Waals surface area contributed by atoms with Crippen LogP contribution in [0.15, 0.2) is 66.7 Å². The quantitative estimate of drug-likeness (QED) is 0.521. The number of rotatable bonds is 5. The molecule has 0 spiro atoms. The van der Waals surface area contributed by atoms with Gasteiger partial charge in [-0.3, -0.25) is 0 Å². The molecule has 4 nitrogen and oxygen atoms in total. The molecule has 3 aromatic rings. The van der Waals surface area contributed by atoms with Crippen LogP contribution in [0.4, 0.5) is 11.4 Å². The van der Waals surface area contributed by atoms with Gasteiger partial charge in [0.05, 0.1) is 13.7 Å². The van der Waals surface area contributed by atoms with Crippen LogP contribution in [0, 0.1) is 6.92 Å². The number of hydrogen-bond donors (Lipinski definition) is 2. The smallest absolute Gasteiger partial charge is 0.178 e. The highest BCUT2D eigenvalue weighted by Crippen LogP contribution is 2.27. The predicted octanol–water partition coefficient (Wildman–Crippen LogP) is 5.77. The Morgan fingerprint density at radius 2 is 1.89 bits per heavy atom. The van der Waals surface area contributed by atoms with E-state index in [0.29, 0.717) is 16.7 Å². The topological polar surface area (TPSA) is 44.7 Å². The zero-order valence-electron chi connectivity index (χ0n) is 15.6. The average Bonchev–Trinajstić information content (AvgIpc) is 2.70. The summed E-state index contributed by atoms with van der Waals surface area (Å²) >= 11 is 11.9. The van der Waals surface area contributed by atoms with Gasteiger partial charge in [0.2, 0.25) is 0 Å². The summed E-state index contributed by atoms with van der Waals surface area (Å²) in [7, 11) is 1.62. The number of thiocarbonyl (C=S) groups is 1. The Morgan fingerprint density at radius 1 is 1.11 bits per heavy atom. The second-order valence-corrected chi connectivity index (χ2v) is 7.10. The third-order valence-corrected chi connectivity index (χ3v) is 5.08. The van der Waals surface area contributed by atoms with E-state index in [1.54, 1.807) is 19.2 Å². The molecule has 3 rings (SSSR count). The number of aryl methyl sites for hydroxylation is 1. The summed E-state index contributed by atoms with van der Waals surface area (Å²) < 4.78 is 5.35. The first-order chi connectivity index (χ1) is 13.5. The van der Waals surface area contributed by atoms with E-state index >= 15 is 0 Å². The largest absolute Gasteiger partial charge is 0.508 e. The van der Waals surface area contributed by atoms with Crippen molar-refractivity contribution in [2.24, 2.45) is 0 Å². The number of halogens is 1. The van der Waals surface area contributed by atoms with E-state index in [-0.39, 0.29) is 5.75 Å². The van der Waals surface area contributed by atoms with Gasteiger partial charge < -0.3 is 20.1 Å². The van der Waals surface area contributed by atoms with Crippen LogP contribution in [0.5, 0.6) is 11.5 Å². The maximum atomic E-state index is 10.2. The first kappa shape index (κ1) is 20.0. The Morgan fingerprint density at radius 3 is 2.61 bits per heavy atom. The molecule has 28 heavy (non-hydrogen) atoms. The number of benzene rings is 3. The molecule has 0 aromatic heterocycles. The summed E-state index contributed by atoms with van der Waals surface area (Å²) in [5.41, 5.74) is 3.40. The Labute approximate surface area is 175 Å². The molecular weight excluding hydrogens is 392 g/mol. The van der Waals surface area contributed by atoms with Crippen LogP contribution in [0.3, 0.4) is 0 Å². The first-order valence-electron chi connectivity index (χ1n) is 8.73. The number of methoxy groups -OCH3 is 1. The van der Waals surface area contributed by atoms with Gasteiger partial charge in [0.15, 0.2) is 5.11 Å². The number of anilines is 2. The minimum absolute atomic E-state index is 0.219. The summed E-state index contributed by atoms with van der Waals surface area (Å²) in [4.78, 5) is 1.90. The number of nitrogens with one attached hydrogen (secondary N) is 1. The molecule has 0 amide bonds. The number of nitrogens with zero attached hydrogens (tertiary/aromatic N) is 1. The van der Waals surface area contributed by atoms with Crippen molar-refractivity contribution in [3.05, 3.63) is 82.9 Å². The van der Waals surface area contributed by atoms with Gasteiger partial charge >= 0.3 is 0 Å². The third kappa shape index (κ3) is 4.74. The zero-order chi connectivity index (χ0) is 20.1. The first-order valence-corrected chi connectivity index (χ1v) is 9.52. The van der Waals surface area contributed by atoms with Crippen LogP contribution in [0.1, 0.15) is 11.1 Å². The van der Waals surface area contributed by atoms with E-state index in [0.717, 1.165) is 28.3 Å². The SMILES string of the molecule is COc1cccc(N(Cc2ccccc2O)C(=S)Nc2ccc(C)c(Cl)c2)c1. The van der Waals surface area contributed by atoms with E-state index in [2.05, 4.69) is 5.32 Å². The number of ether oxygens (including phenoxy) is 1. The number of hydrogen-bond acceptors (Lipinski definition) is 3. The van der Waals surface area contributed by atoms with Gasteiger partial charge in [0, 0.05) is 28.0 Å². The molecule has 3 aromatic carbocycles. The van der Waals surface area contributed by atoms with Gasteiger partial charge in [0.25, 0.3) is 0 Å². The fraction of sp³-hybridized carbons (Fsp3) is 0.136. The number of phenols is 1. The average molecular weight is 413 g/mol. The number of aromatic hydroxyl groups is 1. The highest BCUT2D eigenvalue weighted by Gasteiger charge is 2.16.